The van der Waals surface area contributed by atoms with Gasteiger partial charge in [0.25, 0.3) is 0 Å². The van der Waals surface area contributed by atoms with Crippen LogP contribution in [0.25, 0.3) is 12.2 Å². The van der Waals surface area contributed by atoms with Crippen LogP contribution in [0, 0.1) is 0 Å². The normalized spacial score (nSPS) is 17.6. The molecule has 0 amide bonds. The van der Waals surface area contributed by atoms with Gasteiger partial charge < -0.3 is 9.47 Å². The van der Waals surface area contributed by atoms with Gasteiger partial charge in [0.1, 0.15) is 18.5 Å². The highest BCUT2D eigenvalue weighted by Gasteiger charge is 2.22. The van der Waals surface area contributed by atoms with Crippen molar-refractivity contribution in [3.63, 3.8) is 0 Å². The first kappa shape index (κ1) is 12.0. The van der Waals surface area contributed by atoms with Gasteiger partial charge in [0, 0.05) is 0 Å². The Bertz CT molecular complexity index is 539. The molecule has 1 heterocycles. The molecule has 1 fully saturated rings. The van der Waals surface area contributed by atoms with E-state index in [1.165, 1.54) is 11.1 Å². The van der Waals surface area contributed by atoms with Crippen molar-refractivity contribution in [3.8, 4) is 5.75 Å². The molecular weight excluding hydrogens is 236 g/mol. The maximum absolute atomic E-state index is 5.60. The summed E-state index contributed by atoms with van der Waals surface area (Å²) in [5.74, 6) is 0.896. The van der Waals surface area contributed by atoms with E-state index in [4.69, 9.17) is 9.47 Å². The molecular formula is C17H16O2. The predicted octanol–water partition coefficient (Wildman–Crippen LogP) is 3.63. The van der Waals surface area contributed by atoms with Crippen LogP contribution in [0.1, 0.15) is 11.1 Å². The summed E-state index contributed by atoms with van der Waals surface area (Å²) >= 11 is 0. The smallest absolute Gasteiger partial charge is 0.119 e. The molecule has 0 aromatic heterocycles. The third-order valence-corrected chi connectivity index (χ3v) is 2.99. The van der Waals surface area contributed by atoms with Crippen LogP contribution in [0.3, 0.4) is 0 Å². The van der Waals surface area contributed by atoms with E-state index in [9.17, 15) is 0 Å². The first-order valence-electron chi connectivity index (χ1n) is 6.48. The lowest BCUT2D eigenvalue weighted by atomic mass is 10.1. The Morgan fingerprint density at radius 2 is 1.58 bits per heavy atom. The highest BCUT2D eigenvalue weighted by Crippen LogP contribution is 2.17. The Morgan fingerprint density at radius 1 is 0.947 bits per heavy atom. The molecule has 2 nitrogen and oxygen atoms in total. The minimum atomic E-state index is 0.303. The maximum atomic E-state index is 5.60. The van der Waals surface area contributed by atoms with Crippen LogP contribution >= 0.6 is 0 Å². The minimum absolute atomic E-state index is 0.303. The van der Waals surface area contributed by atoms with Crippen LogP contribution in [0.15, 0.2) is 54.6 Å². The molecule has 1 aliphatic heterocycles. The first-order valence-corrected chi connectivity index (χ1v) is 6.48. The Labute approximate surface area is 113 Å². The van der Waals surface area contributed by atoms with Crippen molar-refractivity contribution in [1.29, 1.82) is 0 Å². The summed E-state index contributed by atoms with van der Waals surface area (Å²) in [6.45, 7) is 1.48. The molecule has 0 aliphatic carbocycles. The Morgan fingerprint density at radius 3 is 2.21 bits per heavy atom. The van der Waals surface area contributed by atoms with Crippen LogP contribution in [-0.2, 0) is 4.74 Å². The van der Waals surface area contributed by atoms with Gasteiger partial charge in [-0.25, -0.2) is 0 Å². The summed E-state index contributed by atoms with van der Waals surface area (Å²) in [4.78, 5) is 0. The van der Waals surface area contributed by atoms with E-state index in [2.05, 4.69) is 36.4 Å². The lowest BCUT2D eigenvalue weighted by Crippen LogP contribution is -2.03. The molecule has 3 rings (SSSR count). The number of hydrogen-bond donors (Lipinski definition) is 0. The SMILES string of the molecule is C(=Cc1ccc(OCC2CO2)cc1)c1ccccc1. The van der Waals surface area contributed by atoms with Crippen LogP contribution in [0.4, 0.5) is 0 Å². The maximum Gasteiger partial charge on any atom is 0.119 e. The van der Waals surface area contributed by atoms with Crippen LogP contribution in [0.5, 0.6) is 5.75 Å². The van der Waals surface area contributed by atoms with Gasteiger partial charge >= 0.3 is 0 Å². The van der Waals surface area contributed by atoms with Crippen molar-refractivity contribution in [2.45, 2.75) is 6.10 Å². The van der Waals surface area contributed by atoms with Crippen molar-refractivity contribution in [2.24, 2.45) is 0 Å². The molecule has 0 saturated carbocycles. The summed E-state index contributed by atoms with van der Waals surface area (Å²) in [6, 6.07) is 18.4. The highest BCUT2D eigenvalue weighted by molar-refractivity contribution is 5.69. The molecule has 0 N–H and O–H groups in total. The molecule has 1 unspecified atom stereocenters. The van der Waals surface area contributed by atoms with Gasteiger partial charge in [-0.15, -0.1) is 0 Å². The van der Waals surface area contributed by atoms with Gasteiger partial charge in [-0.05, 0) is 23.3 Å². The van der Waals surface area contributed by atoms with Gasteiger partial charge in [0.2, 0.25) is 0 Å². The second kappa shape index (κ2) is 5.72. The van der Waals surface area contributed by atoms with Gasteiger partial charge in [-0.1, -0.05) is 54.6 Å². The average molecular weight is 252 g/mol. The molecule has 2 aromatic carbocycles. The topological polar surface area (TPSA) is 21.8 Å². The largest absolute Gasteiger partial charge is 0.491 e. The van der Waals surface area contributed by atoms with E-state index < -0.39 is 0 Å². The third kappa shape index (κ3) is 3.70. The number of ether oxygens (including phenoxy) is 2. The molecule has 0 spiro atoms. The molecule has 2 heteroatoms. The molecule has 19 heavy (non-hydrogen) atoms. The van der Waals surface area contributed by atoms with Crippen LogP contribution < -0.4 is 4.74 Å². The van der Waals surface area contributed by atoms with E-state index in [-0.39, 0.29) is 0 Å². The monoisotopic (exact) mass is 252 g/mol. The van der Waals surface area contributed by atoms with Crippen molar-refractivity contribution in [1.82, 2.24) is 0 Å². The van der Waals surface area contributed by atoms with Gasteiger partial charge in [0.05, 0.1) is 6.61 Å². The van der Waals surface area contributed by atoms with E-state index in [0.717, 1.165) is 12.4 Å². The summed E-state index contributed by atoms with van der Waals surface area (Å²) in [5.41, 5.74) is 2.37. The van der Waals surface area contributed by atoms with Crippen molar-refractivity contribution in [3.05, 3.63) is 65.7 Å². The van der Waals surface area contributed by atoms with Crippen molar-refractivity contribution < 1.29 is 9.47 Å². The second-order valence-electron chi connectivity index (χ2n) is 4.58. The molecule has 0 bridgehead atoms. The van der Waals surface area contributed by atoms with Crippen molar-refractivity contribution in [2.75, 3.05) is 13.2 Å². The number of rotatable bonds is 5. The fourth-order valence-electron chi connectivity index (χ4n) is 1.79. The molecule has 96 valence electrons. The lowest BCUT2D eigenvalue weighted by Gasteiger charge is -2.03. The van der Waals surface area contributed by atoms with E-state index >= 15 is 0 Å². The zero-order valence-corrected chi connectivity index (χ0v) is 10.7. The zero-order valence-electron chi connectivity index (χ0n) is 10.7. The Balaban J connectivity index is 1.60. The van der Waals surface area contributed by atoms with Gasteiger partial charge in [-0.3, -0.25) is 0 Å². The summed E-state index contributed by atoms with van der Waals surface area (Å²) < 4.78 is 10.7. The Kier molecular flexibility index (Phi) is 3.61. The van der Waals surface area contributed by atoms with E-state index in [1.54, 1.807) is 0 Å². The third-order valence-electron chi connectivity index (χ3n) is 2.99. The van der Waals surface area contributed by atoms with E-state index in [0.29, 0.717) is 12.7 Å². The fourth-order valence-corrected chi connectivity index (χ4v) is 1.79. The summed E-state index contributed by atoms with van der Waals surface area (Å²) in [6.07, 6.45) is 4.51. The molecule has 1 aliphatic rings. The molecule has 1 atom stereocenters. The number of benzene rings is 2. The predicted molar refractivity (Wildman–Crippen MR) is 77.0 cm³/mol. The van der Waals surface area contributed by atoms with Crippen molar-refractivity contribution >= 4 is 12.2 Å². The second-order valence-corrected chi connectivity index (χ2v) is 4.58. The molecule has 0 radical (unpaired) electrons. The van der Waals surface area contributed by atoms with Crippen LogP contribution in [-0.4, -0.2) is 19.3 Å². The lowest BCUT2D eigenvalue weighted by molar-refractivity contribution is 0.263. The first-order chi connectivity index (χ1) is 9.40. The summed E-state index contributed by atoms with van der Waals surface area (Å²) in [5, 5.41) is 0. The molecule has 1 saturated heterocycles. The van der Waals surface area contributed by atoms with Gasteiger partial charge in [0.15, 0.2) is 0 Å². The number of epoxide rings is 1. The average Bonchev–Trinajstić information content (AvgIpc) is 3.29. The summed E-state index contributed by atoms with van der Waals surface area (Å²) in [7, 11) is 0. The zero-order chi connectivity index (χ0) is 12.9. The standard InChI is InChI=1S/C17H16O2/c1-2-4-14(5-3-1)6-7-15-8-10-16(11-9-15)18-12-17-13-19-17/h1-11,17H,12-13H2. The fraction of sp³-hybridized carbons (Fsp3) is 0.176. The minimum Gasteiger partial charge on any atom is -0.491 e. The number of hydrogen-bond acceptors (Lipinski definition) is 2. The quantitative estimate of drug-likeness (QED) is 0.598. The molecule has 2 aromatic rings. The Hall–Kier alpha value is -2.06. The van der Waals surface area contributed by atoms with E-state index in [1.807, 2.05) is 30.3 Å². The van der Waals surface area contributed by atoms with Crippen LogP contribution in [0.2, 0.25) is 0 Å². The highest BCUT2D eigenvalue weighted by atomic mass is 16.6. The van der Waals surface area contributed by atoms with Gasteiger partial charge in [-0.2, -0.15) is 0 Å².